The molecular weight excluding hydrogens is 328 g/mol. The molecule has 0 atom stereocenters. The molecule has 3 N–H and O–H groups in total. The summed E-state index contributed by atoms with van der Waals surface area (Å²) in [5.41, 5.74) is 9.37. The molecule has 3 aromatic rings. The lowest BCUT2D eigenvalue weighted by Gasteiger charge is -2.28. The van der Waals surface area contributed by atoms with Crippen LogP contribution in [0, 0.1) is 0 Å². The number of aromatic hydroxyl groups is 1. The number of ether oxygens (including phenoxy) is 1. The summed E-state index contributed by atoms with van der Waals surface area (Å²) >= 11 is 0. The van der Waals surface area contributed by atoms with Crippen LogP contribution in [0.15, 0.2) is 53.5 Å². The van der Waals surface area contributed by atoms with E-state index in [1.165, 1.54) is 5.69 Å². The van der Waals surface area contributed by atoms with Gasteiger partial charge in [-0.15, -0.1) is 0 Å². The Morgan fingerprint density at radius 1 is 1.08 bits per heavy atom. The summed E-state index contributed by atoms with van der Waals surface area (Å²) in [7, 11) is 0. The summed E-state index contributed by atoms with van der Waals surface area (Å²) in [6, 6.07) is 15.9. The molecule has 1 aliphatic heterocycles. The molecule has 1 aliphatic rings. The largest absolute Gasteiger partial charge is 0.494 e. The van der Waals surface area contributed by atoms with Gasteiger partial charge < -0.3 is 20.5 Å². The maximum Gasteiger partial charge on any atom is 0.202 e. The minimum atomic E-state index is 0.141. The van der Waals surface area contributed by atoms with Crippen molar-refractivity contribution in [2.24, 2.45) is 10.7 Å². The number of hydrogen-bond donors (Lipinski definition) is 2. The van der Waals surface area contributed by atoms with Crippen molar-refractivity contribution in [3.63, 3.8) is 0 Å². The fourth-order valence-corrected chi connectivity index (χ4v) is 3.34. The van der Waals surface area contributed by atoms with Gasteiger partial charge in [-0.2, -0.15) is 0 Å². The molecule has 0 bridgehead atoms. The third-order valence-corrected chi connectivity index (χ3v) is 4.73. The number of benzene rings is 2. The number of nitrogens with two attached hydrogens (primary N) is 1. The van der Waals surface area contributed by atoms with Crippen molar-refractivity contribution >= 4 is 28.5 Å². The van der Waals surface area contributed by atoms with E-state index in [1.54, 1.807) is 10.8 Å². The normalized spacial score (nSPS) is 15.2. The van der Waals surface area contributed by atoms with E-state index in [1.807, 2.05) is 36.4 Å². The molecule has 1 aromatic heterocycles. The Bertz CT molecular complexity index is 925. The Kier molecular flexibility index (Phi) is 4.60. The van der Waals surface area contributed by atoms with E-state index in [-0.39, 0.29) is 12.5 Å². The number of hydrogen-bond acceptors (Lipinski definition) is 5. The number of aliphatic imine (C=N–C) groups is 1. The summed E-state index contributed by atoms with van der Waals surface area (Å²) < 4.78 is 7.07. The van der Waals surface area contributed by atoms with E-state index >= 15 is 0 Å². The van der Waals surface area contributed by atoms with Crippen LogP contribution in [-0.4, -0.2) is 42.2 Å². The highest BCUT2D eigenvalue weighted by Gasteiger charge is 2.14. The number of para-hydroxylation sites is 1. The topological polar surface area (TPSA) is 76.0 Å². The van der Waals surface area contributed by atoms with Crippen molar-refractivity contribution in [2.45, 2.75) is 6.67 Å². The second-order valence-corrected chi connectivity index (χ2v) is 6.24. The van der Waals surface area contributed by atoms with Gasteiger partial charge in [-0.05, 0) is 30.3 Å². The maximum absolute atomic E-state index is 10.5. The van der Waals surface area contributed by atoms with Crippen LogP contribution >= 0.6 is 0 Å². The Labute approximate surface area is 152 Å². The first kappa shape index (κ1) is 16.6. The molecule has 0 unspecified atom stereocenters. The van der Waals surface area contributed by atoms with Crippen LogP contribution < -0.4 is 10.6 Å². The average molecular weight is 350 g/mol. The van der Waals surface area contributed by atoms with E-state index in [4.69, 9.17) is 10.5 Å². The van der Waals surface area contributed by atoms with Crippen molar-refractivity contribution in [3.05, 3.63) is 54.1 Å². The zero-order valence-corrected chi connectivity index (χ0v) is 14.5. The molecule has 1 saturated heterocycles. The van der Waals surface area contributed by atoms with Gasteiger partial charge in [-0.1, -0.05) is 18.2 Å². The zero-order chi connectivity index (χ0) is 17.9. The Morgan fingerprint density at radius 2 is 1.81 bits per heavy atom. The zero-order valence-electron chi connectivity index (χ0n) is 14.5. The SMILES string of the molecule is NCn1c(O)c(C=Nc2ccc(N3CCOCC3)cc2)c2ccccc21. The van der Waals surface area contributed by atoms with Crippen molar-refractivity contribution in [1.29, 1.82) is 0 Å². The van der Waals surface area contributed by atoms with Crippen molar-refractivity contribution < 1.29 is 9.84 Å². The van der Waals surface area contributed by atoms with Crippen LogP contribution in [0.2, 0.25) is 0 Å². The first-order chi connectivity index (χ1) is 12.8. The van der Waals surface area contributed by atoms with Crippen LogP contribution in [0.3, 0.4) is 0 Å². The highest BCUT2D eigenvalue weighted by Crippen LogP contribution is 2.30. The van der Waals surface area contributed by atoms with Gasteiger partial charge >= 0.3 is 0 Å². The second kappa shape index (κ2) is 7.19. The molecule has 0 spiro atoms. The van der Waals surface area contributed by atoms with Crippen LogP contribution in [0.5, 0.6) is 5.88 Å². The molecule has 2 heterocycles. The van der Waals surface area contributed by atoms with E-state index in [9.17, 15) is 5.11 Å². The molecule has 6 heteroatoms. The molecule has 26 heavy (non-hydrogen) atoms. The molecule has 0 saturated carbocycles. The number of fused-ring (bicyclic) bond motifs is 1. The smallest absolute Gasteiger partial charge is 0.202 e. The third kappa shape index (κ3) is 3.05. The third-order valence-electron chi connectivity index (χ3n) is 4.73. The number of aromatic nitrogens is 1. The van der Waals surface area contributed by atoms with Gasteiger partial charge in [-0.25, -0.2) is 0 Å². The average Bonchev–Trinajstić information content (AvgIpc) is 2.98. The summed E-state index contributed by atoms with van der Waals surface area (Å²) in [6.07, 6.45) is 1.70. The number of nitrogens with zero attached hydrogens (tertiary/aromatic N) is 3. The summed E-state index contributed by atoms with van der Waals surface area (Å²) in [4.78, 5) is 6.84. The Hall–Kier alpha value is -2.83. The monoisotopic (exact) mass is 350 g/mol. The summed E-state index contributed by atoms with van der Waals surface area (Å²) in [5.74, 6) is 0.141. The minimum absolute atomic E-state index is 0.141. The lowest BCUT2D eigenvalue weighted by Crippen LogP contribution is -2.36. The second-order valence-electron chi connectivity index (χ2n) is 6.24. The van der Waals surface area contributed by atoms with E-state index in [0.717, 1.165) is 42.9 Å². The molecule has 4 rings (SSSR count). The predicted molar refractivity (Wildman–Crippen MR) is 105 cm³/mol. The van der Waals surface area contributed by atoms with Gasteiger partial charge in [0.1, 0.15) is 0 Å². The number of rotatable bonds is 4. The van der Waals surface area contributed by atoms with Crippen molar-refractivity contribution in [1.82, 2.24) is 4.57 Å². The quantitative estimate of drug-likeness (QED) is 0.710. The van der Waals surface area contributed by atoms with Gasteiger partial charge in [0.25, 0.3) is 0 Å². The number of anilines is 1. The highest BCUT2D eigenvalue weighted by atomic mass is 16.5. The summed E-state index contributed by atoms with van der Waals surface area (Å²) in [6.45, 7) is 3.58. The molecule has 6 nitrogen and oxygen atoms in total. The van der Waals surface area contributed by atoms with Crippen molar-refractivity contribution in [3.8, 4) is 5.88 Å². The fourth-order valence-electron chi connectivity index (χ4n) is 3.34. The Balaban J connectivity index is 1.60. The van der Waals surface area contributed by atoms with Crippen LogP contribution in [0.1, 0.15) is 5.56 Å². The highest BCUT2D eigenvalue weighted by molar-refractivity contribution is 6.03. The van der Waals surface area contributed by atoms with Gasteiger partial charge in [0.2, 0.25) is 5.88 Å². The van der Waals surface area contributed by atoms with Gasteiger partial charge in [-0.3, -0.25) is 9.56 Å². The number of morpholine rings is 1. The standard InChI is InChI=1S/C20H22N4O2/c21-14-24-19-4-2-1-3-17(19)18(20(24)25)13-22-15-5-7-16(8-6-15)23-9-11-26-12-10-23/h1-8,13,25H,9-12,14,21H2. The van der Waals surface area contributed by atoms with Gasteiger partial charge in [0.05, 0.1) is 36.6 Å². The lowest BCUT2D eigenvalue weighted by atomic mass is 10.2. The lowest BCUT2D eigenvalue weighted by molar-refractivity contribution is 0.122. The van der Waals surface area contributed by atoms with E-state index < -0.39 is 0 Å². The van der Waals surface area contributed by atoms with Crippen LogP contribution in [0.25, 0.3) is 10.9 Å². The molecule has 2 aromatic carbocycles. The molecule has 1 fully saturated rings. The first-order valence-electron chi connectivity index (χ1n) is 8.75. The molecule has 0 radical (unpaired) electrons. The maximum atomic E-state index is 10.5. The molecular formula is C20H22N4O2. The molecule has 0 aliphatic carbocycles. The minimum Gasteiger partial charge on any atom is -0.494 e. The van der Waals surface area contributed by atoms with Gasteiger partial charge in [0, 0.05) is 30.4 Å². The van der Waals surface area contributed by atoms with E-state index in [0.29, 0.717) is 5.56 Å². The fraction of sp³-hybridized carbons (Fsp3) is 0.250. The molecule has 134 valence electrons. The Morgan fingerprint density at radius 3 is 2.54 bits per heavy atom. The van der Waals surface area contributed by atoms with Crippen LogP contribution in [0.4, 0.5) is 11.4 Å². The van der Waals surface area contributed by atoms with E-state index in [2.05, 4.69) is 22.0 Å². The summed E-state index contributed by atoms with van der Waals surface area (Å²) in [5, 5.41) is 11.4. The van der Waals surface area contributed by atoms with Crippen LogP contribution in [-0.2, 0) is 11.4 Å². The van der Waals surface area contributed by atoms with Crippen molar-refractivity contribution in [2.75, 3.05) is 31.2 Å². The molecule has 0 amide bonds. The predicted octanol–water partition coefficient (Wildman–Crippen LogP) is 2.85. The van der Waals surface area contributed by atoms with Gasteiger partial charge in [0.15, 0.2) is 0 Å². The first-order valence-corrected chi connectivity index (χ1v) is 8.75.